The minimum atomic E-state index is -0.427. The number of hydrogen-bond donors (Lipinski definition) is 1. The summed E-state index contributed by atoms with van der Waals surface area (Å²) < 4.78 is 12.5. The predicted octanol–water partition coefficient (Wildman–Crippen LogP) is 4.83. The van der Waals surface area contributed by atoms with Crippen molar-refractivity contribution in [3.05, 3.63) is 81.7 Å². The summed E-state index contributed by atoms with van der Waals surface area (Å²) in [7, 11) is 0. The molecule has 0 fully saturated rings. The molecule has 0 aromatic heterocycles. The molecule has 1 aliphatic rings. The summed E-state index contributed by atoms with van der Waals surface area (Å²) in [6.07, 6.45) is 5.36. The van der Waals surface area contributed by atoms with Gasteiger partial charge < -0.3 is 15.2 Å². The van der Waals surface area contributed by atoms with E-state index in [4.69, 9.17) is 21.6 Å². The molecule has 0 saturated heterocycles. The number of terminal acetylenes is 1. The zero-order valence-corrected chi connectivity index (χ0v) is 16.4. The Hall–Kier alpha value is -3.41. The molecular formula is C23H15BrN2O2. The highest BCUT2D eigenvalue weighted by molar-refractivity contribution is 9.10. The van der Waals surface area contributed by atoms with Crippen LogP contribution >= 0.6 is 15.9 Å². The number of fused-ring (bicyclic) bond motifs is 3. The van der Waals surface area contributed by atoms with Gasteiger partial charge in [0.25, 0.3) is 0 Å². The first-order chi connectivity index (χ1) is 13.6. The fraction of sp³-hybridized carbons (Fsp3) is 0.0870. The van der Waals surface area contributed by atoms with E-state index >= 15 is 0 Å². The first-order valence-electron chi connectivity index (χ1n) is 8.59. The average molecular weight is 431 g/mol. The SMILES string of the molecule is C#CCOc1ccc(Br)cc1C1C(C#N)=C(N)Oc2c1ccc1ccccc21. The second kappa shape index (κ2) is 7.31. The molecular weight excluding hydrogens is 416 g/mol. The second-order valence-electron chi connectivity index (χ2n) is 6.30. The predicted molar refractivity (Wildman–Crippen MR) is 112 cm³/mol. The molecule has 1 heterocycles. The summed E-state index contributed by atoms with van der Waals surface area (Å²) in [6.45, 7) is 0.128. The van der Waals surface area contributed by atoms with Crippen LogP contribution in [-0.4, -0.2) is 6.61 Å². The summed E-state index contributed by atoms with van der Waals surface area (Å²) in [5.41, 5.74) is 8.15. The molecule has 4 nitrogen and oxygen atoms in total. The molecule has 5 heteroatoms. The van der Waals surface area contributed by atoms with Gasteiger partial charge >= 0.3 is 0 Å². The Morgan fingerprint density at radius 1 is 1.14 bits per heavy atom. The van der Waals surface area contributed by atoms with Gasteiger partial charge in [0, 0.05) is 21.0 Å². The van der Waals surface area contributed by atoms with Crippen LogP contribution in [0.5, 0.6) is 11.5 Å². The second-order valence-corrected chi connectivity index (χ2v) is 7.22. The van der Waals surface area contributed by atoms with Crippen LogP contribution in [0.25, 0.3) is 10.8 Å². The van der Waals surface area contributed by atoms with Gasteiger partial charge in [0.05, 0.1) is 5.92 Å². The highest BCUT2D eigenvalue weighted by Gasteiger charge is 2.33. The lowest BCUT2D eigenvalue weighted by Gasteiger charge is -2.28. The van der Waals surface area contributed by atoms with Crippen LogP contribution in [0.15, 0.2) is 70.5 Å². The van der Waals surface area contributed by atoms with Crippen molar-refractivity contribution in [2.75, 3.05) is 6.61 Å². The molecule has 136 valence electrons. The number of ether oxygens (including phenoxy) is 2. The molecule has 1 unspecified atom stereocenters. The van der Waals surface area contributed by atoms with Gasteiger partial charge in [0.15, 0.2) is 0 Å². The van der Waals surface area contributed by atoms with Crippen LogP contribution in [0, 0.1) is 23.7 Å². The standard InChI is InChI=1S/C23H15BrN2O2/c1-2-11-27-20-10-8-15(24)12-18(20)21-17-9-7-14-5-3-4-6-16(14)22(17)28-23(26)19(21)13-25/h1,3-10,12,21H,11,26H2. The molecule has 2 N–H and O–H groups in total. The van der Waals surface area contributed by atoms with E-state index in [-0.39, 0.29) is 12.5 Å². The maximum absolute atomic E-state index is 9.82. The van der Waals surface area contributed by atoms with Crippen molar-refractivity contribution in [3.8, 4) is 29.9 Å². The van der Waals surface area contributed by atoms with Gasteiger partial charge in [0.2, 0.25) is 5.88 Å². The van der Waals surface area contributed by atoms with Crippen LogP contribution < -0.4 is 15.2 Å². The van der Waals surface area contributed by atoms with Gasteiger partial charge in [-0.25, -0.2) is 0 Å². The highest BCUT2D eigenvalue weighted by atomic mass is 79.9. The van der Waals surface area contributed by atoms with E-state index < -0.39 is 5.92 Å². The number of rotatable bonds is 3. The zero-order valence-electron chi connectivity index (χ0n) is 14.8. The largest absolute Gasteiger partial charge is 0.481 e. The van der Waals surface area contributed by atoms with Gasteiger partial charge in [-0.15, -0.1) is 6.42 Å². The van der Waals surface area contributed by atoms with Gasteiger partial charge in [-0.1, -0.05) is 58.2 Å². The summed E-state index contributed by atoms with van der Waals surface area (Å²) in [4.78, 5) is 0. The number of allylic oxidation sites excluding steroid dienone is 1. The Morgan fingerprint density at radius 2 is 1.96 bits per heavy atom. The Labute approximate surface area is 171 Å². The van der Waals surface area contributed by atoms with E-state index in [9.17, 15) is 5.26 Å². The normalized spacial score (nSPS) is 15.3. The third kappa shape index (κ3) is 2.97. The molecule has 1 aliphatic heterocycles. The quantitative estimate of drug-likeness (QED) is 0.603. The van der Waals surface area contributed by atoms with Crippen LogP contribution in [0.3, 0.4) is 0 Å². The lowest BCUT2D eigenvalue weighted by Crippen LogP contribution is -2.21. The molecule has 0 aliphatic carbocycles. The van der Waals surface area contributed by atoms with Crippen LogP contribution in [0.2, 0.25) is 0 Å². The van der Waals surface area contributed by atoms with E-state index in [2.05, 4.69) is 27.9 Å². The van der Waals surface area contributed by atoms with E-state index in [1.165, 1.54) is 0 Å². The summed E-state index contributed by atoms with van der Waals surface area (Å²) in [6, 6.07) is 19.7. The van der Waals surface area contributed by atoms with Crippen molar-refractivity contribution >= 4 is 26.7 Å². The van der Waals surface area contributed by atoms with Crippen molar-refractivity contribution in [3.63, 3.8) is 0 Å². The smallest absolute Gasteiger partial charge is 0.205 e. The van der Waals surface area contributed by atoms with Crippen LogP contribution in [-0.2, 0) is 0 Å². The average Bonchev–Trinajstić information content (AvgIpc) is 2.71. The molecule has 28 heavy (non-hydrogen) atoms. The first-order valence-corrected chi connectivity index (χ1v) is 9.38. The minimum absolute atomic E-state index is 0.0965. The third-order valence-electron chi connectivity index (χ3n) is 4.70. The van der Waals surface area contributed by atoms with E-state index in [0.717, 1.165) is 26.4 Å². The summed E-state index contributed by atoms with van der Waals surface area (Å²) in [5.74, 6) is 3.41. The fourth-order valence-electron chi connectivity index (χ4n) is 3.50. The fourth-order valence-corrected chi connectivity index (χ4v) is 3.88. The first kappa shape index (κ1) is 18.0. The Kier molecular flexibility index (Phi) is 4.69. The van der Waals surface area contributed by atoms with Crippen molar-refractivity contribution in [1.29, 1.82) is 5.26 Å². The van der Waals surface area contributed by atoms with Crippen molar-refractivity contribution in [2.24, 2.45) is 5.73 Å². The minimum Gasteiger partial charge on any atom is -0.481 e. The third-order valence-corrected chi connectivity index (χ3v) is 5.19. The number of nitrogens with two attached hydrogens (primary N) is 1. The number of halogens is 1. The molecule has 3 aromatic carbocycles. The summed E-state index contributed by atoms with van der Waals surface area (Å²) in [5, 5.41) is 11.8. The van der Waals surface area contributed by atoms with E-state index in [1.54, 1.807) is 0 Å². The number of nitrogens with zero attached hydrogens (tertiary/aromatic N) is 1. The van der Waals surface area contributed by atoms with Gasteiger partial charge in [0.1, 0.15) is 29.7 Å². The number of nitriles is 1. The topological polar surface area (TPSA) is 68.3 Å². The monoisotopic (exact) mass is 430 g/mol. The molecule has 0 radical (unpaired) electrons. The highest BCUT2D eigenvalue weighted by Crippen LogP contribution is 2.47. The summed E-state index contributed by atoms with van der Waals surface area (Å²) >= 11 is 3.51. The number of benzene rings is 3. The zero-order chi connectivity index (χ0) is 19.7. The Bertz CT molecular complexity index is 1200. The van der Waals surface area contributed by atoms with Crippen LogP contribution in [0.1, 0.15) is 17.0 Å². The van der Waals surface area contributed by atoms with Gasteiger partial charge in [-0.3, -0.25) is 0 Å². The Balaban J connectivity index is 2.00. The molecule has 0 saturated carbocycles. The number of hydrogen-bond acceptors (Lipinski definition) is 4. The lowest BCUT2D eigenvalue weighted by atomic mass is 9.82. The maximum Gasteiger partial charge on any atom is 0.205 e. The molecule has 1 atom stereocenters. The molecule has 3 aromatic rings. The van der Waals surface area contributed by atoms with Gasteiger partial charge in [-0.2, -0.15) is 5.26 Å². The van der Waals surface area contributed by atoms with Crippen molar-refractivity contribution in [2.45, 2.75) is 5.92 Å². The maximum atomic E-state index is 9.82. The van der Waals surface area contributed by atoms with Gasteiger partial charge in [-0.05, 0) is 23.6 Å². The van der Waals surface area contributed by atoms with E-state index in [0.29, 0.717) is 17.1 Å². The van der Waals surface area contributed by atoms with Crippen molar-refractivity contribution < 1.29 is 9.47 Å². The molecule has 0 bridgehead atoms. The molecule has 4 rings (SSSR count). The molecule has 0 amide bonds. The Morgan fingerprint density at radius 3 is 2.75 bits per heavy atom. The lowest BCUT2D eigenvalue weighted by molar-refractivity contribution is 0.362. The van der Waals surface area contributed by atoms with Crippen molar-refractivity contribution in [1.82, 2.24) is 0 Å². The van der Waals surface area contributed by atoms with E-state index in [1.807, 2.05) is 54.6 Å². The molecule has 0 spiro atoms. The van der Waals surface area contributed by atoms with Crippen LogP contribution in [0.4, 0.5) is 0 Å².